The van der Waals surface area contributed by atoms with Crippen LogP contribution < -0.4 is 0 Å². The zero-order valence-electron chi connectivity index (χ0n) is 8.29. The normalized spacial score (nSPS) is 17.8. The van der Waals surface area contributed by atoms with Gasteiger partial charge in [0.2, 0.25) is 0 Å². The number of nitrogens with zero attached hydrogens (tertiary/aromatic N) is 1. The molecule has 0 saturated heterocycles. The van der Waals surface area contributed by atoms with E-state index in [4.69, 9.17) is 0 Å². The van der Waals surface area contributed by atoms with Crippen LogP contribution in [0.25, 0.3) is 0 Å². The van der Waals surface area contributed by atoms with Gasteiger partial charge in [-0.3, -0.25) is 0 Å². The van der Waals surface area contributed by atoms with Crippen molar-refractivity contribution in [3.8, 4) is 0 Å². The average Bonchev–Trinajstić information content (AvgIpc) is 2.80. The fourth-order valence-corrected chi connectivity index (χ4v) is 1.61. The summed E-state index contributed by atoms with van der Waals surface area (Å²) in [5.74, 6) is 2.04. The van der Waals surface area contributed by atoms with Gasteiger partial charge < -0.3 is 4.90 Å². The SMILES string of the molecule is CC(C)N(CCCS)CC1CC1. The van der Waals surface area contributed by atoms with Crippen molar-refractivity contribution in [1.29, 1.82) is 0 Å². The van der Waals surface area contributed by atoms with Crippen LogP contribution >= 0.6 is 12.6 Å². The van der Waals surface area contributed by atoms with E-state index in [-0.39, 0.29) is 0 Å². The van der Waals surface area contributed by atoms with E-state index >= 15 is 0 Å². The summed E-state index contributed by atoms with van der Waals surface area (Å²) in [7, 11) is 0. The molecular weight excluding hydrogens is 166 g/mol. The van der Waals surface area contributed by atoms with E-state index in [2.05, 4.69) is 31.4 Å². The maximum atomic E-state index is 4.24. The molecule has 1 nitrogen and oxygen atoms in total. The highest BCUT2D eigenvalue weighted by molar-refractivity contribution is 7.80. The van der Waals surface area contributed by atoms with E-state index in [1.807, 2.05) is 0 Å². The van der Waals surface area contributed by atoms with Gasteiger partial charge in [0, 0.05) is 12.6 Å². The van der Waals surface area contributed by atoms with Gasteiger partial charge in [0.25, 0.3) is 0 Å². The fraction of sp³-hybridized carbons (Fsp3) is 1.00. The first-order valence-corrected chi connectivity index (χ1v) is 5.72. The lowest BCUT2D eigenvalue weighted by molar-refractivity contribution is 0.213. The molecule has 0 radical (unpaired) electrons. The van der Waals surface area contributed by atoms with Crippen LogP contribution in [-0.4, -0.2) is 29.8 Å². The maximum Gasteiger partial charge on any atom is 0.00387 e. The summed E-state index contributed by atoms with van der Waals surface area (Å²) in [6.45, 7) is 7.14. The topological polar surface area (TPSA) is 3.24 Å². The van der Waals surface area contributed by atoms with Crippen molar-refractivity contribution in [3.05, 3.63) is 0 Å². The molecular formula is C10H21NS. The van der Waals surface area contributed by atoms with Crippen LogP contribution in [0.3, 0.4) is 0 Å². The second-order valence-electron chi connectivity index (χ2n) is 4.11. The van der Waals surface area contributed by atoms with Gasteiger partial charge >= 0.3 is 0 Å². The summed E-state index contributed by atoms with van der Waals surface area (Å²) in [5.41, 5.74) is 0. The third-order valence-corrected chi connectivity index (χ3v) is 2.84. The van der Waals surface area contributed by atoms with E-state index in [0.29, 0.717) is 6.04 Å². The molecule has 0 aromatic carbocycles. The Morgan fingerprint density at radius 2 is 2.08 bits per heavy atom. The lowest BCUT2D eigenvalue weighted by atomic mass is 10.2. The van der Waals surface area contributed by atoms with Crippen molar-refractivity contribution >= 4 is 12.6 Å². The molecule has 1 fully saturated rings. The van der Waals surface area contributed by atoms with Gasteiger partial charge in [-0.15, -0.1) is 0 Å². The summed E-state index contributed by atoms with van der Waals surface area (Å²) in [6, 6.07) is 0.713. The number of thiol groups is 1. The minimum absolute atomic E-state index is 0.713. The van der Waals surface area contributed by atoms with Crippen molar-refractivity contribution < 1.29 is 0 Å². The number of rotatable bonds is 6. The number of hydrogen-bond donors (Lipinski definition) is 1. The highest BCUT2D eigenvalue weighted by atomic mass is 32.1. The van der Waals surface area contributed by atoms with Crippen molar-refractivity contribution in [1.82, 2.24) is 4.90 Å². The minimum atomic E-state index is 0.713. The Hall–Kier alpha value is 0.310. The average molecular weight is 187 g/mol. The monoisotopic (exact) mass is 187 g/mol. The van der Waals surface area contributed by atoms with Crippen molar-refractivity contribution in [2.75, 3.05) is 18.8 Å². The molecule has 0 aromatic rings. The van der Waals surface area contributed by atoms with Crippen LogP contribution in [0, 0.1) is 5.92 Å². The molecule has 12 heavy (non-hydrogen) atoms. The Kier molecular flexibility index (Phi) is 4.44. The molecule has 0 atom stereocenters. The van der Waals surface area contributed by atoms with Gasteiger partial charge in [-0.05, 0) is 51.3 Å². The first-order valence-electron chi connectivity index (χ1n) is 5.09. The summed E-state index contributed by atoms with van der Waals surface area (Å²) in [4.78, 5) is 2.59. The highest BCUT2D eigenvalue weighted by Gasteiger charge is 2.24. The molecule has 1 saturated carbocycles. The van der Waals surface area contributed by atoms with Gasteiger partial charge in [0.15, 0.2) is 0 Å². The summed E-state index contributed by atoms with van der Waals surface area (Å²) in [5, 5.41) is 0. The lowest BCUT2D eigenvalue weighted by Crippen LogP contribution is -2.33. The number of hydrogen-bond acceptors (Lipinski definition) is 2. The first-order chi connectivity index (χ1) is 5.74. The molecule has 2 heteroatoms. The molecule has 1 aliphatic rings. The Balaban J connectivity index is 2.16. The summed E-state index contributed by atoms with van der Waals surface area (Å²) >= 11 is 4.24. The molecule has 0 bridgehead atoms. The second-order valence-corrected chi connectivity index (χ2v) is 4.56. The molecule has 0 spiro atoms. The van der Waals surface area contributed by atoms with Crippen LogP contribution in [0.5, 0.6) is 0 Å². The Bertz CT molecular complexity index is 121. The quantitative estimate of drug-likeness (QED) is 0.625. The fourth-order valence-electron chi connectivity index (χ4n) is 1.47. The zero-order chi connectivity index (χ0) is 8.97. The van der Waals surface area contributed by atoms with Crippen LogP contribution in [0.15, 0.2) is 0 Å². The lowest BCUT2D eigenvalue weighted by Gasteiger charge is -2.26. The Labute approximate surface area is 81.9 Å². The van der Waals surface area contributed by atoms with Crippen molar-refractivity contribution in [2.45, 2.75) is 39.2 Å². The van der Waals surface area contributed by atoms with Gasteiger partial charge in [-0.2, -0.15) is 12.6 Å². The molecule has 0 amide bonds. The predicted molar refractivity (Wildman–Crippen MR) is 57.9 cm³/mol. The Morgan fingerprint density at radius 1 is 1.42 bits per heavy atom. The maximum absolute atomic E-state index is 4.24. The molecule has 0 aromatic heterocycles. The Morgan fingerprint density at radius 3 is 2.50 bits per heavy atom. The van der Waals surface area contributed by atoms with Crippen LogP contribution in [-0.2, 0) is 0 Å². The molecule has 1 aliphatic carbocycles. The van der Waals surface area contributed by atoms with Crippen molar-refractivity contribution in [3.63, 3.8) is 0 Å². The first kappa shape index (κ1) is 10.4. The van der Waals surface area contributed by atoms with E-state index in [1.54, 1.807) is 0 Å². The third kappa shape index (κ3) is 3.81. The van der Waals surface area contributed by atoms with Gasteiger partial charge in [0.05, 0.1) is 0 Å². The van der Waals surface area contributed by atoms with Crippen LogP contribution in [0.4, 0.5) is 0 Å². The van der Waals surface area contributed by atoms with Gasteiger partial charge in [-0.1, -0.05) is 0 Å². The van der Waals surface area contributed by atoms with Crippen LogP contribution in [0.1, 0.15) is 33.1 Å². The second kappa shape index (κ2) is 5.13. The standard InChI is InChI=1S/C10H21NS/c1-9(2)11(6-3-7-12)8-10-4-5-10/h9-10,12H,3-8H2,1-2H3. The molecule has 0 heterocycles. The van der Waals surface area contributed by atoms with E-state index < -0.39 is 0 Å². The van der Waals surface area contributed by atoms with Crippen LogP contribution in [0.2, 0.25) is 0 Å². The molecule has 0 N–H and O–H groups in total. The van der Waals surface area contributed by atoms with Gasteiger partial charge in [-0.25, -0.2) is 0 Å². The highest BCUT2D eigenvalue weighted by Crippen LogP contribution is 2.30. The van der Waals surface area contributed by atoms with Gasteiger partial charge in [0.1, 0.15) is 0 Å². The molecule has 72 valence electrons. The molecule has 1 rings (SSSR count). The van der Waals surface area contributed by atoms with E-state index in [1.165, 1.54) is 32.4 Å². The smallest absolute Gasteiger partial charge is 0.00387 e. The third-order valence-electron chi connectivity index (χ3n) is 2.52. The molecule has 0 aliphatic heterocycles. The minimum Gasteiger partial charge on any atom is -0.301 e. The zero-order valence-corrected chi connectivity index (χ0v) is 9.19. The summed E-state index contributed by atoms with van der Waals surface area (Å²) < 4.78 is 0. The largest absolute Gasteiger partial charge is 0.301 e. The van der Waals surface area contributed by atoms with Crippen molar-refractivity contribution in [2.24, 2.45) is 5.92 Å². The van der Waals surface area contributed by atoms with E-state index in [0.717, 1.165) is 11.7 Å². The van der Waals surface area contributed by atoms with E-state index in [9.17, 15) is 0 Å². The summed E-state index contributed by atoms with van der Waals surface area (Å²) in [6.07, 6.45) is 4.15. The molecule has 0 unspecified atom stereocenters. The predicted octanol–water partition coefficient (Wildman–Crippen LogP) is 2.43.